The van der Waals surface area contributed by atoms with Crippen molar-refractivity contribution in [2.45, 2.75) is 38.3 Å². The van der Waals surface area contributed by atoms with Crippen LogP contribution in [0.25, 0.3) is 0 Å². The molecule has 1 fully saturated rings. The summed E-state index contributed by atoms with van der Waals surface area (Å²) in [5.41, 5.74) is -3.75. The number of ether oxygens (including phenoxy) is 2. The van der Waals surface area contributed by atoms with Crippen LogP contribution in [0.5, 0.6) is 5.75 Å². The van der Waals surface area contributed by atoms with Gasteiger partial charge < -0.3 is 25.0 Å². The number of piperidine rings is 1. The van der Waals surface area contributed by atoms with Crippen LogP contribution in [0.4, 0.5) is 8.78 Å². The summed E-state index contributed by atoms with van der Waals surface area (Å²) in [6, 6.07) is 7.41. The Morgan fingerprint density at radius 2 is 1.68 bits per heavy atom. The normalized spacial score (nSPS) is 27.5. The van der Waals surface area contributed by atoms with Gasteiger partial charge in [0.05, 0.1) is 54.9 Å². The minimum Gasteiger partial charge on any atom is -0.497 e. The van der Waals surface area contributed by atoms with Gasteiger partial charge in [0.1, 0.15) is 18.2 Å². The third-order valence-corrected chi connectivity index (χ3v) is 8.60. The first-order chi connectivity index (χ1) is 19.5. The van der Waals surface area contributed by atoms with E-state index in [1.165, 1.54) is 33.1 Å². The highest BCUT2D eigenvalue weighted by molar-refractivity contribution is 6.21. The molecule has 10 nitrogen and oxygen atoms in total. The number of hydrogen-bond donors (Lipinski definition) is 3. The Labute approximate surface area is 235 Å². The number of carboxylic acid groups (broad SMARTS) is 2. The molecule has 0 radical (unpaired) electrons. The molecule has 0 aliphatic carbocycles. The minimum absolute atomic E-state index is 0.126. The highest BCUT2D eigenvalue weighted by Crippen LogP contribution is 2.57. The molecular weight excluding hydrogens is 542 g/mol. The van der Waals surface area contributed by atoms with E-state index in [0.29, 0.717) is 0 Å². The zero-order valence-electron chi connectivity index (χ0n) is 22.9. The van der Waals surface area contributed by atoms with Gasteiger partial charge in [0.15, 0.2) is 0 Å². The molecule has 5 atom stereocenters. The van der Waals surface area contributed by atoms with Crippen LogP contribution in [-0.2, 0) is 14.3 Å². The number of nitrogens with one attached hydrogen (secondary N) is 1. The van der Waals surface area contributed by atoms with Gasteiger partial charge in [0.2, 0.25) is 0 Å². The summed E-state index contributed by atoms with van der Waals surface area (Å²) < 4.78 is 40.9. The van der Waals surface area contributed by atoms with Gasteiger partial charge in [-0.3, -0.25) is 24.1 Å². The number of carbonyl (C=O) groups excluding carboxylic acids is 2. The molecule has 2 aromatic rings. The number of methoxy groups -OCH3 is 1. The second kappa shape index (κ2) is 11.5. The molecular formula is C29H32F2N2O8. The van der Waals surface area contributed by atoms with E-state index in [9.17, 15) is 33.8 Å². The number of amides is 2. The zero-order valence-corrected chi connectivity index (χ0v) is 22.9. The van der Waals surface area contributed by atoms with Gasteiger partial charge >= 0.3 is 11.9 Å². The standard InChI is InChI=1S/C29H32F2N2O8/c1-4-29(27(38)39)22(15-41-12-11-33-24(34)17-7-5-6-8-18(17)25(33)35)32-21(14-30)28(2,26(36)37)23(29)19-13-16(40-3)9-10-20(19)31/h5-10,13,21-23,32H,4,11-12,14-15H2,1-3H3,(H,36,37)(H,38,39). The molecule has 0 aromatic heterocycles. The first kappa shape index (κ1) is 30.1. The number of carboxylic acids is 2. The summed E-state index contributed by atoms with van der Waals surface area (Å²) in [5, 5.41) is 23.8. The molecule has 2 aliphatic heterocycles. The van der Waals surface area contributed by atoms with E-state index in [1.807, 2.05) is 0 Å². The van der Waals surface area contributed by atoms with Crippen LogP contribution < -0.4 is 10.1 Å². The van der Waals surface area contributed by atoms with Crippen molar-refractivity contribution in [3.63, 3.8) is 0 Å². The van der Waals surface area contributed by atoms with Crippen molar-refractivity contribution < 1.29 is 47.6 Å². The average Bonchev–Trinajstić information content (AvgIpc) is 3.20. The van der Waals surface area contributed by atoms with E-state index in [-0.39, 0.29) is 48.6 Å². The number of alkyl halides is 1. The maximum atomic E-state index is 15.4. The summed E-state index contributed by atoms with van der Waals surface area (Å²) in [4.78, 5) is 52.2. The first-order valence-corrected chi connectivity index (χ1v) is 13.1. The lowest BCUT2D eigenvalue weighted by atomic mass is 9.51. The molecule has 41 heavy (non-hydrogen) atoms. The van der Waals surface area contributed by atoms with E-state index in [1.54, 1.807) is 24.3 Å². The molecule has 2 aromatic carbocycles. The molecule has 2 amide bonds. The molecule has 0 saturated carbocycles. The highest BCUT2D eigenvalue weighted by Gasteiger charge is 2.67. The first-order valence-electron chi connectivity index (χ1n) is 13.1. The Kier molecular flexibility index (Phi) is 8.46. The van der Waals surface area contributed by atoms with Crippen LogP contribution in [0.1, 0.15) is 52.5 Å². The van der Waals surface area contributed by atoms with Gasteiger partial charge in [0, 0.05) is 12.0 Å². The molecule has 0 spiro atoms. The van der Waals surface area contributed by atoms with E-state index < -0.39 is 65.1 Å². The Balaban J connectivity index is 1.67. The fraction of sp³-hybridized carbons (Fsp3) is 0.448. The molecule has 0 bridgehead atoms. The molecule has 3 N–H and O–H groups in total. The number of imide groups is 1. The molecule has 5 unspecified atom stereocenters. The number of hydrogen-bond acceptors (Lipinski definition) is 7. The lowest BCUT2D eigenvalue weighted by Crippen LogP contribution is -2.71. The summed E-state index contributed by atoms with van der Waals surface area (Å²) in [5.74, 6) is -6.11. The number of fused-ring (bicyclic) bond motifs is 1. The van der Waals surface area contributed by atoms with Gasteiger partial charge in [-0.15, -0.1) is 0 Å². The fourth-order valence-corrected chi connectivity index (χ4v) is 6.32. The van der Waals surface area contributed by atoms with Crippen LogP contribution in [0.3, 0.4) is 0 Å². The second-order valence-electron chi connectivity index (χ2n) is 10.4. The van der Waals surface area contributed by atoms with Crippen molar-refractivity contribution >= 4 is 23.8 Å². The highest BCUT2D eigenvalue weighted by atomic mass is 19.1. The molecule has 220 valence electrons. The number of aliphatic carboxylic acids is 2. The number of benzene rings is 2. The predicted octanol–water partition coefficient (Wildman–Crippen LogP) is 3.11. The summed E-state index contributed by atoms with van der Waals surface area (Å²) in [6.07, 6.45) is -0.162. The van der Waals surface area contributed by atoms with Crippen LogP contribution in [0.15, 0.2) is 42.5 Å². The van der Waals surface area contributed by atoms with Crippen molar-refractivity contribution in [2.75, 3.05) is 33.5 Å². The molecule has 2 aliphatic rings. The average molecular weight is 575 g/mol. The molecule has 1 saturated heterocycles. The van der Waals surface area contributed by atoms with Gasteiger partial charge in [-0.05, 0) is 49.2 Å². The molecule has 12 heteroatoms. The third kappa shape index (κ3) is 4.74. The zero-order chi connectivity index (χ0) is 30.1. The van der Waals surface area contributed by atoms with E-state index in [0.717, 1.165) is 11.0 Å². The Morgan fingerprint density at radius 3 is 2.20 bits per heavy atom. The number of carbonyl (C=O) groups is 4. The lowest BCUT2D eigenvalue weighted by molar-refractivity contribution is -0.175. The Bertz CT molecular complexity index is 1340. The predicted molar refractivity (Wildman–Crippen MR) is 141 cm³/mol. The van der Waals surface area contributed by atoms with E-state index in [2.05, 4.69) is 5.32 Å². The molecule has 2 heterocycles. The van der Waals surface area contributed by atoms with Gasteiger partial charge in [0.25, 0.3) is 11.8 Å². The fourth-order valence-electron chi connectivity index (χ4n) is 6.32. The number of nitrogens with zero attached hydrogens (tertiary/aromatic N) is 1. The second-order valence-corrected chi connectivity index (χ2v) is 10.4. The largest absolute Gasteiger partial charge is 0.497 e. The van der Waals surface area contributed by atoms with Crippen LogP contribution >= 0.6 is 0 Å². The number of halogens is 2. The lowest BCUT2D eigenvalue weighted by Gasteiger charge is -2.56. The summed E-state index contributed by atoms with van der Waals surface area (Å²) in [6.45, 7) is 0.914. The smallest absolute Gasteiger partial charge is 0.311 e. The Hall–Kier alpha value is -3.90. The topological polar surface area (TPSA) is 142 Å². The SMILES string of the molecule is CCC1(C(=O)O)C(COCCN2C(=O)c3ccccc3C2=O)NC(CF)C(C)(C(=O)O)C1c1cc(OC)ccc1F. The van der Waals surface area contributed by atoms with Crippen LogP contribution in [0, 0.1) is 16.6 Å². The van der Waals surface area contributed by atoms with E-state index >= 15 is 4.39 Å². The van der Waals surface area contributed by atoms with Gasteiger partial charge in [-0.2, -0.15) is 0 Å². The van der Waals surface area contributed by atoms with Crippen LogP contribution in [-0.4, -0.2) is 84.5 Å². The van der Waals surface area contributed by atoms with Crippen molar-refractivity contribution in [1.29, 1.82) is 0 Å². The summed E-state index contributed by atoms with van der Waals surface area (Å²) >= 11 is 0. The maximum absolute atomic E-state index is 15.4. The van der Waals surface area contributed by atoms with Crippen molar-refractivity contribution in [3.8, 4) is 5.75 Å². The van der Waals surface area contributed by atoms with Gasteiger partial charge in [-0.1, -0.05) is 19.1 Å². The minimum atomic E-state index is -2.09. The maximum Gasteiger partial charge on any atom is 0.311 e. The molecule has 4 rings (SSSR count). The van der Waals surface area contributed by atoms with Crippen LogP contribution in [0.2, 0.25) is 0 Å². The van der Waals surface area contributed by atoms with Crippen molar-refractivity contribution in [2.24, 2.45) is 10.8 Å². The van der Waals surface area contributed by atoms with Gasteiger partial charge in [-0.25, -0.2) is 8.78 Å². The Morgan fingerprint density at radius 1 is 1.05 bits per heavy atom. The third-order valence-electron chi connectivity index (χ3n) is 8.60. The van der Waals surface area contributed by atoms with E-state index in [4.69, 9.17) is 9.47 Å². The number of rotatable bonds is 11. The monoisotopic (exact) mass is 574 g/mol. The summed E-state index contributed by atoms with van der Waals surface area (Å²) in [7, 11) is 1.33. The van der Waals surface area contributed by atoms with Crippen molar-refractivity contribution in [1.82, 2.24) is 10.2 Å². The quantitative estimate of drug-likeness (QED) is 0.273. The van der Waals surface area contributed by atoms with Crippen molar-refractivity contribution in [3.05, 3.63) is 65.0 Å².